The number of nitrogens with two attached hydrogens (primary N) is 1. The van der Waals surface area contributed by atoms with E-state index in [2.05, 4.69) is 10.1 Å². The van der Waals surface area contributed by atoms with E-state index in [0.29, 0.717) is 16.9 Å². The Balaban J connectivity index is 1.87. The van der Waals surface area contributed by atoms with E-state index in [9.17, 15) is 22.8 Å². The zero-order chi connectivity index (χ0) is 25.4. The van der Waals surface area contributed by atoms with Gasteiger partial charge in [0.15, 0.2) is 5.54 Å². The molecule has 4 rings (SSSR count). The third-order valence-electron chi connectivity index (χ3n) is 5.88. The van der Waals surface area contributed by atoms with Crippen LogP contribution in [0.1, 0.15) is 11.1 Å². The first-order valence-electron chi connectivity index (χ1n) is 10.5. The molecule has 0 saturated carbocycles. The molecule has 10 heteroatoms. The number of hydrogen-bond donors (Lipinski definition) is 2. The maximum atomic E-state index is 13.7. The number of rotatable bonds is 5. The zero-order valence-corrected chi connectivity index (χ0v) is 18.8. The second kappa shape index (κ2) is 8.71. The maximum absolute atomic E-state index is 13.7. The van der Waals surface area contributed by atoms with Crippen LogP contribution in [0.15, 0.2) is 78.9 Å². The lowest BCUT2D eigenvalue weighted by atomic mass is 9.81. The average molecular weight is 485 g/mol. The summed E-state index contributed by atoms with van der Waals surface area (Å²) in [6.07, 6.45) is -5.30. The number of nitrogens with one attached hydrogen (secondary N) is 1. The lowest BCUT2D eigenvalue weighted by Crippen LogP contribution is -2.64. The van der Waals surface area contributed by atoms with Gasteiger partial charge in [-0.1, -0.05) is 60.7 Å². The van der Waals surface area contributed by atoms with Crippen molar-refractivity contribution in [2.24, 2.45) is 5.73 Å². The number of esters is 1. The summed E-state index contributed by atoms with van der Waals surface area (Å²) in [4.78, 5) is 26.1. The molecule has 0 aromatic heterocycles. The van der Waals surface area contributed by atoms with E-state index in [4.69, 9.17) is 10.5 Å². The van der Waals surface area contributed by atoms with Crippen LogP contribution < -0.4 is 15.8 Å². The summed E-state index contributed by atoms with van der Waals surface area (Å²) < 4.78 is 48.8. The molecule has 1 saturated heterocycles. The van der Waals surface area contributed by atoms with E-state index in [1.165, 1.54) is 0 Å². The number of alkyl halides is 3. The number of hydrogen-bond acceptors (Lipinski definition) is 6. The van der Waals surface area contributed by atoms with Gasteiger partial charge >= 0.3 is 18.1 Å². The smallest absolute Gasteiger partial charge is 0.491 e. The molecule has 1 aliphatic rings. The predicted molar refractivity (Wildman–Crippen MR) is 121 cm³/mol. The summed E-state index contributed by atoms with van der Waals surface area (Å²) in [5.74, 6) is -5.17. The van der Waals surface area contributed by atoms with Crippen LogP contribution in [-0.2, 0) is 19.9 Å². The summed E-state index contributed by atoms with van der Waals surface area (Å²) in [7, 11) is 2.70. The van der Waals surface area contributed by atoms with Crippen molar-refractivity contribution in [1.29, 1.82) is 0 Å². The van der Waals surface area contributed by atoms with Crippen LogP contribution in [-0.4, -0.2) is 43.1 Å². The summed E-state index contributed by atoms with van der Waals surface area (Å²) >= 11 is 0. The molecule has 1 amide bonds. The summed E-state index contributed by atoms with van der Waals surface area (Å²) in [5, 5.41) is 2.70. The van der Waals surface area contributed by atoms with Crippen LogP contribution in [0.3, 0.4) is 0 Å². The Kier molecular flexibility index (Phi) is 6.04. The van der Waals surface area contributed by atoms with E-state index < -0.39 is 29.6 Å². The summed E-state index contributed by atoms with van der Waals surface area (Å²) in [6.45, 7) is 0. The molecule has 0 bridgehead atoms. The summed E-state index contributed by atoms with van der Waals surface area (Å²) in [6, 6.07) is 22.5. The first-order valence-corrected chi connectivity index (χ1v) is 10.5. The van der Waals surface area contributed by atoms with Crippen molar-refractivity contribution in [2.45, 2.75) is 17.7 Å². The fourth-order valence-electron chi connectivity index (χ4n) is 4.08. The Morgan fingerprint density at radius 2 is 1.54 bits per heavy atom. The topological polar surface area (TPSA) is 93.9 Å². The van der Waals surface area contributed by atoms with Crippen LogP contribution in [0, 0.1) is 0 Å². The van der Waals surface area contributed by atoms with Crippen molar-refractivity contribution in [1.82, 2.24) is 10.2 Å². The van der Waals surface area contributed by atoms with Crippen molar-refractivity contribution in [3.05, 3.63) is 90.0 Å². The molecule has 0 aliphatic carbocycles. The maximum Gasteiger partial charge on any atom is 0.491 e. The number of methoxy groups -OCH3 is 1. The molecule has 2 atom stereocenters. The Labute approximate surface area is 199 Å². The molecular formula is C25H22F3N3O4. The van der Waals surface area contributed by atoms with Crippen LogP contribution in [0.2, 0.25) is 0 Å². The van der Waals surface area contributed by atoms with Crippen LogP contribution >= 0.6 is 0 Å². The number of amides is 1. The van der Waals surface area contributed by atoms with Crippen LogP contribution in [0.5, 0.6) is 5.75 Å². The minimum atomic E-state index is -5.30. The minimum absolute atomic E-state index is 0.385. The molecule has 1 aliphatic heterocycles. The van der Waals surface area contributed by atoms with Gasteiger partial charge in [-0.2, -0.15) is 13.2 Å². The number of ether oxygens (including phenoxy) is 2. The quantitative estimate of drug-likeness (QED) is 0.425. The normalized spacial score (nSPS) is 22.2. The highest BCUT2D eigenvalue weighted by molar-refractivity contribution is 5.95. The number of nitrogens with zero attached hydrogens (tertiary/aromatic N) is 1. The molecule has 1 heterocycles. The Morgan fingerprint density at radius 1 is 0.943 bits per heavy atom. The van der Waals surface area contributed by atoms with Crippen molar-refractivity contribution in [3.8, 4) is 16.9 Å². The van der Waals surface area contributed by atoms with Crippen molar-refractivity contribution < 1.29 is 32.2 Å². The first-order chi connectivity index (χ1) is 16.5. The first kappa shape index (κ1) is 24.2. The van der Waals surface area contributed by atoms with E-state index in [0.717, 1.165) is 23.1 Å². The van der Waals surface area contributed by atoms with E-state index in [-0.39, 0.29) is 0 Å². The molecule has 35 heavy (non-hydrogen) atoms. The van der Waals surface area contributed by atoms with Crippen LogP contribution in [0.4, 0.5) is 13.2 Å². The van der Waals surface area contributed by atoms with Gasteiger partial charge in [0.2, 0.25) is 0 Å². The lowest BCUT2D eigenvalue weighted by Gasteiger charge is -2.32. The Hall–Kier alpha value is -3.89. The molecule has 3 aromatic rings. The number of carbonyl (C=O) groups is 2. The second-order valence-electron chi connectivity index (χ2n) is 8.00. The molecule has 1 fully saturated rings. The molecule has 2 unspecified atom stereocenters. The van der Waals surface area contributed by atoms with Gasteiger partial charge < -0.3 is 9.47 Å². The van der Waals surface area contributed by atoms with Crippen molar-refractivity contribution >= 4 is 11.9 Å². The lowest BCUT2D eigenvalue weighted by molar-refractivity contribution is -0.228. The third kappa shape index (κ3) is 4.22. The molecule has 7 nitrogen and oxygen atoms in total. The highest BCUT2D eigenvalue weighted by Crippen LogP contribution is 2.41. The Morgan fingerprint density at radius 3 is 2.17 bits per heavy atom. The molecular weight excluding hydrogens is 463 g/mol. The van der Waals surface area contributed by atoms with Gasteiger partial charge in [-0.05, 0) is 40.5 Å². The molecule has 3 N–H and O–H groups in total. The highest BCUT2D eigenvalue weighted by Gasteiger charge is 2.62. The van der Waals surface area contributed by atoms with E-state index in [1.807, 2.05) is 24.3 Å². The van der Waals surface area contributed by atoms with Gasteiger partial charge in [0.25, 0.3) is 5.91 Å². The number of halogens is 3. The van der Waals surface area contributed by atoms with Gasteiger partial charge in [-0.25, -0.2) is 10.1 Å². The van der Waals surface area contributed by atoms with Crippen molar-refractivity contribution in [3.63, 3.8) is 0 Å². The fourth-order valence-corrected chi connectivity index (χ4v) is 4.08. The van der Waals surface area contributed by atoms with Gasteiger partial charge in [-0.15, -0.1) is 0 Å². The fraction of sp³-hybridized carbons (Fsp3) is 0.200. The Bertz CT molecular complexity index is 1270. The van der Waals surface area contributed by atoms with E-state index >= 15 is 0 Å². The second-order valence-corrected chi connectivity index (χ2v) is 8.00. The monoisotopic (exact) mass is 485 g/mol. The molecule has 182 valence electrons. The van der Waals surface area contributed by atoms with Gasteiger partial charge in [-0.3, -0.25) is 15.4 Å². The zero-order valence-electron chi connectivity index (χ0n) is 18.8. The van der Waals surface area contributed by atoms with Crippen molar-refractivity contribution in [2.75, 3.05) is 14.2 Å². The van der Waals surface area contributed by atoms with Gasteiger partial charge in [0.05, 0.1) is 7.11 Å². The third-order valence-corrected chi connectivity index (χ3v) is 5.88. The summed E-state index contributed by atoms with van der Waals surface area (Å²) in [5.41, 5.74) is 6.61. The number of benzene rings is 3. The van der Waals surface area contributed by atoms with Gasteiger partial charge in [0.1, 0.15) is 5.75 Å². The molecule has 3 aromatic carbocycles. The van der Waals surface area contributed by atoms with E-state index in [1.54, 1.807) is 61.7 Å². The molecule has 0 radical (unpaired) electrons. The predicted octanol–water partition coefficient (Wildman–Crippen LogP) is 3.34. The number of likely N-dealkylation sites (N-methyl/N-ethyl adjacent to an activating group) is 1. The highest BCUT2D eigenvalue weighted by atomic mass is 19.4. The largest absolute Gasteiger partial charge is 0.497 e. The minimum Gasteiger partial charge on any atom is -0.497 e. The average Bonchev–Trinajstić information content (AvgIpc) is 3.06. The number of carbonyl (C=O) groups excluding carboxylic acids is 2. The molecule has 0 spiro atoms. The van der Waals surface area contributed by atoms with Gasteiger partial charge in [0, 0.05) is 7.05 Å². The van der Waals surface area contributed by atoms with Crippen LogP contribution in [0.25, 0.3) is 11.1 Å². The SMILES string of the molecule is COc1cccc(-c2cccc(C3(c4ccccc4)NC(N)(OC(=O)C(F)(F)F)N(C)C3=O)c2)c1. The standard InChI is InChI=1S/C25H22F3N3O4/c1-31-21(32)23(18-10-4-3-5-11-18,30-25(31,29)35-22(33)24(26,27)28)19-12-6-8-16(14-19)17-9-7-13-20(15-17)34-2/h3-15,30H,29H2,1-2H3.